The molecule has 1 aromatic carbocycles. The van der Waals surface area contributed by atoms with Gasteiger partial charge in [-0.25, -0.2) is 15.2 Å². The highest BCUT2D eigenvalue weighted by molar-refractivity contribution is 5.71. The lowest BCUT2D eigenvalue weighted by Gasteiger charge is -2.21. The number of rotatable bonds is 6. The molecule has 0 radical (unpaired) electrons. The number of halogens is 1. The topological polar surface area (TPSA) is 111 Å². The van der Waals surface area contributed by atoms with Crippen molar-refractivity contribution < 1.29 is 4.39 Å². The predicted molar refractivity (Wildman–Crippen MR) is 105 cm³/mol. The Kier molecular flexibility index (Phi) is 4.95. The number of hydrazine groups is 1. The molecule has 0 saturated heterocycles. The van der Waals surface area contributed by atoms with E-state index in [0.717, 1.165) is 12.2 Å². The third-order valence-electron chi connectivity index (χ3n) is 4.07. The minimum atomic E-state index is -1.42. The molecule has 0 unspecified atom stereocenters. The van der Waals surface area contributed by atoms with Crippen molar-refractivity contribution in [3.63, 3.8) is 0 Å². The highest BCUT2D eigenvalue weighted by Gasteiger charge is 2.19. The Morgan fingerprint density at radius 1 is 1.22 bits per heavy atom. The van der Waals surface area contributed by atoms with Crippen molar-refractivity contribution >= 4 is 28.8 Å². The first-order valence-electron chi connectivity index (χ1n) is 8.54. The summed E-state index contributed by atoms with van der Waals surface area (Å²) in [6.45, 7) is 5.76. The van der Waals surface area contributed by atoms with Gasteiger partial charge in [0.25, 0.3) is 0 Å². The van der Waals surface area contributed by atoms with Crippen LogP contribution in [0.5, 0.6) is 0 Å². The fourth-order valence-corrected chi connectivity index (χ4v) is 2.51. The first-order chi connectivity index (χ1) is 12.8. The summed E-state index contributed by atoms with van der Waals surface area (Å²) in [6, 6.07) is 6.81. The zero-order chi connectivity index (χ0) is 19.6. The number of nitrogens with two attached hydrogens (primary N) is 2. The molecule has 0 aliphatic carbocycles. The largest absolute Gasteiger partial charge is 0.394 e. The van der Waals surface area contributed by atoms with Crippen molar-refractivity contribution in [3.8, 4) is 0 Å². The van der Waals surface area contributed by atoms with E-state index in [-0.39, 0.29) is 0 Å². The monoisotopic (exact) mass is 370 g/mol. The lowest BCUT2D eigenvalue weighted by Crippen LogP contribution is -2.27. The van der Waals surface area contributed by atoms with E-state index in [2.05, 4.69) is 20.4 Å². The smallest absolute Gasteiger partial charge is 0.229 e. The van der Waals surface area contributed by atoms with Crippen molar-refractivity contribution in [2.24, 2.45) is 5.84 Å². The number of nitrogens with one attached hydrogen (secondary N) is 1. The average Bonchev–Trinajstić information content (AvgIpc) is 3.10. The second-order valence-corrected chi connectivity index (χ2v) is 6.57. The number of benzene rings is 1. The summed E-state index contributed by atoms with van der Waals surface area (Å²) >= 11 is 0. The molecule has 2 aromatic heterocycles. The Labute approximate surface area is 157 Å². The van der Waals surface area contributed by atoms with Crippen molar-refractivity contribution in [3.05, 3.63) is 48.4 Å². The molecule has 142 valence electrons. The number of aryl methyl sites for hydroxylation is 1. The van der Waals surface area contributed by atoms with Gasteiger partial charge < -0.3 is 11.1 Å². The van der Waals surface area contributed by atoms with E-state index >= 15 is 0 Å². The highest BCUT2D eigenvalue weighted by atomic mass is 19.1. The van der Waals surface area contributed by atoms with Gasteiger partial charge in [-0.05, 0) is 38.5 Å². The van der Waals surface area contributed by atoms with Crippen LogP contribution in [0.15, 0.2) is 42.9 Å². The predicted octanol–water partition coefficient (Wildman–Crippen LogP) is 3.24. The molecule has 3 aromatic rings. The first kappa shape index (κ1) is 18.6. The van der Waals surface area contributed by atoms with Crippen LogP contribution in [0.25, 0.3) is 0 Å². The van der Waals surface area contributed by atoms with Gasteiger partial charge in [-0.2, -0.15) is 10.1 Å². The molecule has 2 heterocycles. The maximum atomic E-state index is 14.0. The molecule has 0 amide bonds. The molecule has 0 aliphatic rings. The van der Waals surface area contributed by atoms with Crippen LogP contribution in [0.2, 0.25) is 0 Å². The van der Waals surface area contributed by atoms with Crippen LogP contribution in [0, 0.1) is 0 Å². The van der Waals surface area contributed by atoms with Gasteiger partial charge in [0.05, 0.1) is 29.5 Å². The Morgan fingerprint density at radius 3 is 2.52 bits per heavy atom. The highest BCUT2D eigenvalue weighted by Crippen LogP contribution is 2.30. The summed E-state index contributed by atoms with van der Waals surface area (Å²) in [6.07, 6.45) is 5.01. The number of alkyl halides is 1. The summed E-state index contributed by atoms with van der Waals surface area (Å²) < 4.78 is 15.8. The normalized spacial score (nSPS) is 11.4. The van der Waals surface area contributed by atoms with E-state index in [1.54, 1.807) is 35.1 Å². The van der Waals surface area contributed by atoms with Crippen molar-refractivity contribution in [2.45, 2.75) is 33.0 Å². The molecule has 27 heavy (non-hydrogen) atoms. The van der Waals surface area contributed by atoms with Crippen molar-refractivity contribution in [1.29, 1.82) is 0 Å². The van der Waals surface area contributed by atoms with E-state index in [1.807, 2.05) is 13.1 Å². The molecule has 3 rings (SSSR count). The van der Waals surface area contributed by atoms with Crippen LogP contribution in [0.3, 0.4) is 0 Å². The molecule has 9 heteroatoms. The van der Waals surface area contributed by atoms with Crippen LogP contribution < -0.4 is 21.9 Å². The summed E-state index contributed by atoms with van der Waals surface area (Å²) in [5.74, 6) is 6.86. The number of aromatic nitrogens is 4. The van der Waals surface area contributed by atoms with Crippen LogP contribution in [0.1, 0.15) is 26.3 Å². The zero-order valence-electron chi connectivity index (χ0n) is 15.5. The van der Waals surface area contributed by atoms with E-state index < -0.39 is 5.67 Å². The second-order valence-electron chi connectivity index (χ2n) is 6.57. The van der Waals surface area contributed by atoms with Crippen molar-refractivity contribution in [1.82, 2.24) is 19.7 Å². The summed E-state index contributed by atoms with van der Waals surface area (Å²) in [4.78, 5) is 8.57. The summed E-state index contributed by atoms with van der Waals surface area (Å²) in [5, 5.41) is 8.60. The number of hydrogen-bond donors (Lipinski definition) is 3. The van der Waals surface area contributed by atoms with Gasteiger partial charge in [0.15, 0.2) is 5.82 Å². The molecule has 0 spiro atoms. The van der Waals surface area contributed by atoms with Crippen LogP contribution >= 0.6 is 0 Å². The maximum Gasteiger partial charge on any atom is 0.229 e. The van der Waals surface area contributed by atoms with E-state index in [1.165, 1.54) is 25.1 Å². The number of anilines is 5. The van der Waals surface area contributed by atoms with Crippen LogP contribution in [-0.4, -0.2) is 19.7 Å². The third kappa shape index (κ3) is 4.14. The lowest BCUT2D eigenvalue weighted by molar-refractivity contribution is 0.221. The zero-order valence-corrected chi connectivity index (χ0v) is 15.5. The molecular weight excluding hydrogens is 347 g/mol. The van der Waals surface area contributed by atoms with Crippen molar-refractivity contribution in [2.75, 3.05) is 16.1 Å². The third-order valence-corrected chi connectivity index (χ3v) is 4.07. The first-order valence-corrected chi connectivity index (χ1v) is 8.54. The average molecular weight is 370 g/mol. The van der Waals surface area contributed by atoms with Gasteiger partial charge in [0, 0.05) is 12.7 Å². The van der Waals surface area contributed by atoms with E-state index in [4.69, 9.17) is 11.6 Å². The Balaban J connectivity index is 1.84. The van der Waals surface area contributed by atoms with Gasteiger partial charge in [-0.3, -0.25) is 9.69 Å². The van der Waals surface area contributed by atoms with Gasteiger partial charge in [0.1, 0.15) is 5.67 Å². The second kappa shape index (κ2) is 7.20. The molecule has 8 nitrogen and oxygen atoms in total. The Hall–Kier alpha value is -3.20. The minimum absolute atomic E-state index is 0.321. The lowest BCUT2D eigenvalue weighted by atomic mass is 10.0. The number of hydrogen-bond acceptors (Lipinski definition) is 7. The standard InChI is InChI=1S/C18H23FN8/c1-4-26-11-13(9-23-26)24-17-22-10-15(20)16(25-17)27(21)14-7-5-12(6-8-14)18(2,3)19/h5-11H,4,20-21H2,1-3H3,(H,22,24,25). The SMILES string of the molecule is CCn1cc(Nc2ncc(N)c(N(N)c3ccc(C(C)(C)F)cc3)n2)cn1. The fourth-order valence-electron chi connectivity index (χ4n) is 2.51. The fraction of sp³-hybridized carbons (Fsp3) is 0.278. The quantitative estimate of drug-likeness (QED) is 0.451. The van der Waals surface area contributed by atoms with Crippen LogP contribution in [-0.2, 0) is 12.2 Å². The van der Waals surface area contributed by atoms with E-state index in [9.17, 15) is 4.39 Å². The Morgan fingerprint density at radius 2 is 1.93 bits per heavy atom. The number of nitrogens with zero attached hydrogens (tertiary/aromatic N) is 5. The van der Waals surface area contributed by atoms with E-state index in [0.29, 0.717) is 28.7 Å². The molecule has 0 bridgehead atoms. The molecule has 0 aliphatic heterocycles. The van der Waals surface area contributed by atoms with Crippen LogP contribution in [0.4, 0.5) is 33.2 Å². The molecule has 0 saturated carbocycles. The molecular formula is C18H23FN8. The minimum Gasteiger partial charge on any atom is -0.394 e. The maximum absolute atomic E-state index is 14.0. The van der Waals surface area contributed by atoms with Gasteiger partial charge in [-0.1, -0.05) is 12.1 Å². The molecule has 0 atom stereocenters. The Bertz CT molecular complexity index is 914. The summed E-state index contributed by atoms with van der Waals surface area (Å²) in [5.41, 5.74) is 6.83. The summed E-state index contributed by atoms with van der Waals surface area (Å²) in [7, 11) is 0. The molecule has 5 N–H and O–H groups in total. The van der Waals surface area contributed by atoms with Gasteiger partial charge in [-0.15, -0.1) is 0 Å². The molecule has 0 fully saturated rings. The van der Waals surface area contributed by atoms with Gasteiger partial charge >= 0.3 is 0 Å². The number of nitrogen functional groups attached to an aromatic ring is 1. The van der Waals surface area contributed by atoms with Gasteiger partial charge in [0.2, 0.25) is 5.95 Å².